The normalized spacial score (nSPS) is 12.9. The van der Waals surface area contributed by atoms with Gasteiger partial charge < -0.3 is 19.6 Å². The van der Waals surface area contributed by atoms with Crippen LogP contribution in [0.5, 0.6) is 0 Å². The minimum absolute atomic E-state index is 0.0518. The molecule has 1 atom stereocenters. The molecule has 0 unspecified atom stereocenters. The molecule has 0 aromatic heterocycles. The number of carbonyl (C=O) groups excluding carboxylic acids is 2. The summed E-state index contributed by atoms with van der Waals surface area (Å²) in [5.41, 5.74) is -0.698. The van der Waals surface area contributed by atoms with E-state index in [-0.39, 0.29) is 13.2 Å². The minimum atomic E-state index is -1.01. The van der Waals surface area contributed by atoms with Crippen LogP contribution in [-0.2, 0) is 19.1 Å². The molecule has 0 aliphatic heterocycles. The molecule has 0 saturated heterocycles. The molecule has 0 aromatic rings. The maximum atomic E-state index is 12.2. The molecule has 0 bridgehead atoms. The van der Waals surface area contributed by atoms with Crippen LogP contribution < -0.4 is 5.32 Å². The van der Waals surface area contributed by atoms with Gasteiger partial charge in [0.05, 0.1) is 13.2 Å². The molecule has 0 heterocycles. The highest BCUT2D eigenvalue weighted by Gasteiger charge is 2.36. The van der Waals surface area contributed by atoms with E-state index in [1.165, 1.54) is 0 Å². The van der Waals surface area contributed by atoms with E-state index in [0.717, 1.165) is 0 Å². The SMILES string of the molecule is CC(C)(C)OC(=O)N[C@H](C(=O)OCCCCO[N+](=O)[O-])C(C)(C)S. The van der Waals surface area contributed by atoms with Crippen molar-refractivity contribution in [2.75, 3.05) is 13.2 Å². The Bertz CT molecular complexity index is 443. The summed E-state index contributed by atoms with van der Waals surface area (Å²) in [6, 6.07) is -1.01. The molecule has 0 spiro atoms. The smallest absolute Gasteiger partial charge is 0.408 e. The predicted octanol–water partition coefficient (Wildman–Crippen LogP) is 2.12. The highest BCUT2D eigenvalue weighted by molar-refractivity contribution is 7.81. The zero-order valence-electron chi connectivity index (χ0n) is 14.7. The number of esters is 1. The number of amides is 1. The van der Waals surface area contributed by atoms with E-state index in [9.17, 15) is 19.7 Å². The summed E-state index contributed by atoms with van der Waals surface area (Å²) in [6.45, 7) is 8.42. The Morgan fingerprint density at radius 3 is 2.17 bits per heavy atom. The number of nitrogens with one attached hydrogen (secondary N) is 1. The monoisotopic (exact) mass is 366 g/mol. The lowest BCUT2D eigenvalue weighted by Gasteiger charge is -2.30. The Hall–Kier alpha value is -1.71. The molecular weight excluding hydrogens is 340 g/mol. The molecule has 24 heavy (non-hydrogen) atoms. The predicted molar refractivity (Wildman–Crippen MR) is 89.4 cm³/mol. The van der Waals surface area contributed by atoms with E-state index >= 15 is 0 Å². The van der Waals surface area contributed by atoms with E-state index in [1.54, 1.807) is 34.6 Å². The van der Waals surface area contributed by atoms with Crippen LogP contribution in [0.25, 0.3) is 0 Å². The largest absolute Gasteiger partial charge is 0.464 e. The van der Waals surface area contributed by atoms with Gasteiger partial charge in [-0.3, -0.25) is 0 Å². The van der Waals surface area contributed by atoms with Crippen molar-refractivity contribution in [1.82, 2.24) is 5.32 Å². The van der Waals surface area contributed by atoms with Crippen LogP contribution in [0, 0.1) is 10.1 Å². The van der Waals surface area contributed by atoms with E-state index in [1.807, 2.05) is 0 Å². The molecule has 0 radical (unpaired) electrons. The number of alkyl carbamates (subject to hydrolysis) is 1. The Morgan fingerprint density at radius 2 is 1.71 bits per heavy atom. The minimum Gasteiger partial charge on any atom is -0.464 e. The topological polar surface area (TPSA) is 117 Å². The molecule has 140 valence electrons. The van der Waals surface area contributed by atoms with Crippen LogP contribution in [0.4, 0.5) is 4.79 Å². The molecule has 0 fully saturated rings. The van der Waals surface area contributed by atoms with Crippen LogP contribution in [0.3, 0.4) is 0 Å². The van der Waals surface area contributed by atoms with E-state index in [2.05, 4.69) is 22.8 Å². The summed E-state index contributed by atoms with van der Waals surface area (Å²) in [5.74, 6) is -0.656. The highest BCUT2D eigenvalue weighted by atomic mass is 32.1. The van der Waals surface area contributed by atoms with Crippen LogP contribution in [-0.4, -0.2) is 46.8 Å². The lowest BCUT2D eigenvalue weighted by Crippen LogP contribution is -2.53. The van der Waals surface area contributed by atoms with Crippen molar-refractivity contribution in [3.63, 3.8) is 0 Å². The molecule has 0 aliphatic rings. The van der Waals surface area contributed by atoms with Crippen LogP contribution in [0.2, 0.25) is 0 Å². The average Bonchev–Trinajstić information content (AvgIpc) is 2.36. The first-order valence-corrected chi connectivity index (χ1v) is 7.93. The summed E-state index contributed by atoms with van der Waals surface area (Å²) < 4.78 is 9.33. The van der Waals surface area contributed by atoms with Gasteiger partial charge in [0.1, 0.15) is 11.6 Å². The number of carbonyl (C=O) groups is 2. The van der Waals surface area contributed by atoms with Gasteiger partial charge in [-0.2, -0.15) is 12.6 Å². The number of ether oxygens (including phenoxy) is 2. The Kier molecular flexibility index (Phi) is 8.87. The third-order valence-corrected chi connectivity index (χ3v) is 2.84. The number of nitrogens with zero attached hydrogens (tertiary/aromatic N) is 1. The van der Waals surface area contributed by atoms with Crippen LogP contribution in [0.1, 0.15) is 47.5 Å². The van der Waals surface area contributed by atoms with Gasteiger partial charge >= 0.3 is 12.1 Å². The van der Waals surface area contributed by atoms with E-state index in [0.29, 0.717) is 12.8 Å². The number of unbranched alkanes of at least 4 members (excludes halogenated alkanes) is 1. The van der Waals surface area contributed by atoms with Crippen molar-refractivity contribution in [1.29, 1.82) is 0 Å². The second-order valence-electron chi connectivity index (χ2n) is 6.66. The second kappa shape index (κ2) is 9.55. The van der Waals surface area contributed by atoms with Crippen LogP contribution in [0.15, 0.2) is 0 Å². The summed E-state index contributed by atoms with van der Waals surface area (Å²) >= 11 is 4.31. The van der Waals surface area contributed by atoms with Gasteiger partial charge in [0.15, 0.2) is 0 Å². The highest BCUT2D eigenvalue weighted by Crippen LogP contribution is 2.20. The quantitative estimate of drug-likeness (QED) is 0.211. The van der Waals surface area contributed by atoms with Gasteiger partial charge in [0.2, 0.25) is 0 Å². The second-order valence-corrected chi connectivity index (χ2v) is 7.82. The first-order chi connectivity index (χ1) is 10.8. The van der Waals surface area contributed by atoms with Crippen molar-refractivity contribution in [3.8, 4) is 0 Å². The molecule has 9 nitrogen and oxygen atoms in total. The van der Waals surface area contributed by atoms with E-state index < -0.39 is 33.5 Å². The fourth-order valence-corrected chi connectivity index (χ4v) is 1.72. The molecule has 10 heteroatoms. The third-order valence-electron chi connectivity index (χ3n) is 2.58. The maximum absolute atomic E-state index is 12.2. The van der Waals surface area contributed by atoms with Gasteiger partial charge in [-0.05, 0) is 47.5 Å². The number of hydrogen-bond donors (Lipinski definition) is 2. The Balaban J connectivity index is 4.43. The lowest BCUT2D eigenvalue weighted by atomic mass is 10.0. The Labute approximate surface area is 146 Å². The fourth-order valence-electron chi connectivity index (χ4n) is 1.55. The zero-order chi connectivity index (χ0) is 19.0. The standard InChI is InChI=1S/C14H26N2O7S/c1-13(2,3)23-12(18)15-10(14(4,5)24)11(17)21-8-6-7-9-22-16(19)20/h10,24H,6-9H2,1-5H3,(H,15,18)/t10-/m1/s1. The summed E-state index contributed by atoms with van der Waals surface area (Å²) in [5, 5.41) is 11.6. The number of thiol groups is 1. The van der Waals surface area contributed by atoms with Crippen molar-refractivity contribution < 1.29 is 29.0 Å². The van der Waals surface area contributed by atoms with E-state index in [4.69, 9.17) is 9.47 Å². The van der Waals surface area contributed by atoms with Gasteiger partial charge in [-0.15, -0.1) is 10.1 Å². The number of hydrogen-bond acceptors (Lipinski definition) is 8. The van der Waals surface area contributed by atoms with Gasteiger partial charge in [-0.1, -0.05) is 0 Å². The van der Waals surface area contributed by atoms with Crippen molar-refractivity contribution in [3.05, 3.63) is 10.1 Å². The van der Waals surface area contributed by atoms with Crippen molar-refractivity contribution >= 4 is 24.7 Å². The molecule has 1 amide bonds. The van der Waals surface area contributed by atoms with Crippen LogP contribution >= 0.6 is 12.6 Å². The molecule has 0 aromatic carbocycles. The van der Waals surface area contributed by atoms with Gasteiger partial charge in [-0.25, -0.2) is 9.59 Å². The first-order valence-electron chi connectivity index (χ1n) is 7.49. The van der Waals surface area contributed by atoms with Gasteiger partial charge in [0, 0.05) is 4.75 Å². The summed E-state index contributed by atoms with van der Waals surface area (Å²) in [4.78, 5) is 38.1. The molecular formula is C14H26N2O7S. The molecule has 1 N–H and O–H groups in total. The van der Waals surface area contributed by atoms with Gasteiger partial charge in [0.25, 0.3) is 5.09 Å². The zero-order valence-corrected chi connectivity index (χ0v) is 15.6. The number of rotatable bonds is 9. The van der Waals surface area contributed by atoms with Crippen molar-refractivity contribution in [2.45, 2.75) is 63.9 Å². The third kappa shape index (κ3) is 10.9. The fraction of sp³-hybridized carbons (Fsp3) is 0.857. The Morgan fingerprint density at radius 1 is 1.17 bits per heavy atom. The summed E-state index contributed by atoms with van der Waals surface area (Å²) in [7, 11) is 0. The summed E-state index contributed by atoms with van der Waals surface area (Å²) in [6.07, 6.45) is 0.0139. The molecule has 0 aliphatic carbocycles. The average molecular weight is 366 g/mol. The van der Waals surface area contributed by atoms with Crippen molar-refractivity contribution in [2.24, 2.45) is 0 Å². The molecule has 0 rings (SSSR count). The molecule has 0 saturated carbocycles. The maximum Gasteiger partial charge on any atom is 0.408 e. The lowest BCUT2D eigenvalue weighted by molar-refractivity contribution is -0.757. The first kappa shape index (κ1) is 22.3.